The van der Waals surface area contributed by atoms with Crippen molar-refractivity contribution in [3.8, 4) is 0 Å². The normalized spacial score (nSPS) is 27.3. The molecule has 2 aliphatic rings. The minimum absolute atomic E-state index is 0.103. The highest BCUT2D eigenvalue weighted by atomic mass is 16.2. The van der Waals surface area contributed by atoms with Gasteiger partial charge in [0.2, 0.25) is 0 Å². The molecule has 0 aromatic heterocycles. The lowest BCUT2D eigenvalue weighted by Crippen LogP contribution is -2.43. The lowest BCUT2D eigenvalue weighted by molar-refractivity contribution is -0.144. The summed E-state index contributed by atoms with van der Waals surface area (Å²) in [4.78, 5) is 27.5. The Morgan fingerprint density at radius 1 is 1.12 bits per heavy atom. The van der Waals surface area contributed by atoms with Crippen molar-refractivity contribution in [3.63, 3.8) is 0 Å². The average Bonchev–Trinajstić information content (AvgIpc) is 2.74. The van der Waals surface area contributed by atoms with E-state index >= 15 is 0 Å². The first-order valence-corrected chi connectivity index (χ1v) is 9.62. The first kappa shape index (κ1) is 18.9. The fourth-order valence-corrected chi connectivity index (χ4v) is 5.25. The molecule has 4 heteroatoms. The van der Waals surface area contributed by atoms with Crippen LogP contribution in [0.25, 0.3) is 0 Å². The maximum atomic E-state index is 12.9. The van der Waals surface area contributed by atoms with Crippen LogP contribution in [0.15, 0.2) is 24.3 Å². The summed E-state index contributed by atoms with van der Waals surface area (Å²) in [5.74, 6) is -0.907. The Labute approximate surface area is 157 Å². The van der Waals surface area contributed by atoms with Crippen molar-refractivity contribution < 1.29 is 9.59 Å². The maximum Gasteiger partial charge on any atom is 0.313 e. The molecule has 1 aliphatic heterocycles. The van der Waals surface area contributed by atoms with Crippen LogP contribution in [-0.4, -0.2) is 29.3 Å². The number of benzene rings is 1. The predicted molar refractivity (Wildman–Crippen MR) is 105 cm³/mol. The Hall–Kier alpha value is -1.84. The lowest BCUT2D eigenvalue weighted by atomic mass is 9.65. The second-order valence-corrected chi connectivity index (χ2v) is 10.4. The minimum atomic E-state index is -0.518. The third kappa shape index (κ3) is 3.65. The highest BCUT2D eigenvalue weighted by Gasteiger charge is 2.51. The molecule has 1 heterocycles. The number of nitrogens with one attached hydrogen (secondary N) is 1. The zero-order valence-electron chi connectivity index (χ0n) is 17.0. The first-order valence-electron chi connectivity index (χ1n) is 9.62. The Morgan fingerprint density at radius 3 is 2.42 bits per heavy atom. The van der Waals surface area contributed by atoms with Crippen molar-refractivity contribution in [1.82, 2.24) is 4.90 Å². The number of nitrogens with zero attached hydrogens (tertiary/aromatic N) is 1. The number of para-hydroxylation sites is 1. The molecule has 2 fully saturated rings. The summed E-state index contributed by atoms with van der Waals surface area (Å²) in [6.45, 7) is 13.8. The van der Waals surface area contributed by atoms with Gasteiger partial charge < -0.3 is 10.2 Å². The minimum Gasteiger partial charge on any atom is -0.331 e. The monoisotopic (exact) mass is 356 g/mol. The van der Waals surface area contributed by atoms with E-state index in [4.69, 9.17) is 0 Å². The van der Waals surface area contributed by atoms with E-state index in [2.05, 4.69) is 46.9 Å². The number of likely N-dealkylation sites (tertiary alicyclic amines) is 1. The van der Waals surface area contributed by atoms with E-state index in [-0.39, 0.29) is 28.2 Å². The Kier molecular flexibility index (Phi) is 4.45. The number of hydrogen-bond acceptors (Lipinski definition) is 2. The summed E-state index contributed by atoms with van der Waals surface area (Å²) in [5.41, 5.74) is 2.02. The summed E-state index contributed by atoms with van der Waals surface area (Å²) in [5, 5.41) is 2.88. The number of rotatable bonds is 1. The average molecular weight is 357 g/mol. The summed E-state index contributed by atoms with van der Waals surface area (Å²) in [7, 11) is 0. The van der Waals surface area contributed by atoms with Gasteiger partial charge >= 0.3 is 11.8 Å². The van der Waals surface area contributed by atoms with Gasteiger partial charge in [0.25, 0.3) is 0 Å². The van der Waals surface area contributed by atoms with Crippen LogP contribution in [0.1, 0.15) is 66.4 Å². The Morgan fingerprint density at radius 2 is 1.77 bits per heavy atom. The first-order chi connectivity index (χ1) is 11.9. The standard InChI is InChI=1S/C22H32N2O2/c1-20(2,3)16-9-7-8-10-17(16)23-18(25)19(26)24-14-22(6)12-15(24)11-21(4,5)13-22/h7-10,15H,11-14H2,1-6H3,(H,23,25). The quantitative estimate of drug-likeness (QED) is 0.761. The summed E-state index contributed by atoms with van der Waals surface area (Å²) >= 11 is 0. The highest BCUT2D eigenvalue weighted by molar-refractivity contribution is 6.39. The molecule has 1 saturated carbocycles. The molecule has 2 unspecified atom stereocenters. The van der Waals surface area contributed by atoms with Crippen molar-refractivity contribution in [2.24, 2.45) is 10.8 Å². The van der Waals surface area contributed by atoms with Crippen LogP contribution in [0, 0.1) is 10.8 Å². The van der Waals surface area contributed by atoms with E-state index in [0.717, 1.165) is 30.5 Å². The summed E-state index contributed by atoms with van der Waals surface area (Å²) < 4.78 is 0. The van der Waals surface area contributed by atoms with Gasteiger partial charge in [-0.3, -0.25) is 9.59 Å². The largest absolute Gasteiger partial charge is 0.331 e. The molecule has 0 radical (unpaired) electrons. The molecule has 142 valence electrons. The molecule has 2 bridgehead atoms. The van der Waals surface area contributed by atoms with Crippen LogP contribution < -0.4 is 5.32 Å². The third-order valence-electron chi connectivity index (χ3n) is 5.85. The third-order valence-corrected chi connectivity index (χ3v) is 5.85. The van der Waals surface area contributed by atoms with Crippen LogP contribution in [-0.2, 0) is 15.0 Å². The molecule has 3 rings (SSSR count). The van der Waals surface area contributed by atoms with E-state index in [0.29, 0.717) is 6.54 Å². The number of carbonyl (C=O) groups is 2. The molecule has 2 amide bonds. The van der Waals surface area contributed by atoms with Crippen LogP contribution in [0.4, 0.5) is 5.69 Å². The van der Waals surface area contributed by atoms with Gasteiger partial charge in [-0.15, -0.1) is 0 Å². The highest BCUT2D eigenvalue weighted by Crippen LogP contribution is 2.52. The second kappa shape index (κ2) is 6.11. The van der Waals surface area contributed by atoms with E-state index in [1.54, 1.807) is 0 Å². The molecular weight excluding hydrogens is 324 g/mol. The molecule has 1 aliphatic carbocycles. The SMILES string of the molecule is CC1(C)CC2CC(C)(CN2C(=O)C(=O)Nc2ccccc2C(C)(C)C)C1. The topological polar surface area (TPSA) is 49.4 Å². The van der Waals surface area contributed by atoms with E-state index in [9.17, 15) is 9.59 Å². The number of carbonyl (C=O) groups excluding carboxylic acids is 2. The Balaban J connectivity index is 1.77. The maximum absolute atomic E-state index is 12.9. The van der Waals surface area contributed by atoms with Gasteiger partial charge in [-0.05, 0) is 47.1 Å². The van der Waals surface area contributed by atoms with Crippen molar-refractivity contribution in [2.75, 3.05) is 11.9 Å². The summed E-state index contributed by atoms with van der Waals surface area (Å²) in [6.07, 6.45) is 3.09. The zero-order chi connectivity index (χ0) is 19.3. The van der Waals surface area contributed by atoms with Gasteiger partial charge in [0.15, 0.2) is 0 Å². The summed E-state index contributed by atoms with van der Waals surface area (Å²) in [6, 6.07) is 7.91. The molecule has 1 aromatic rings. The van der Waals surface area contributed by atoms with Crippen molar-refractivity contribution in [1.29, 1.82) is 0 Å². The molecule has 26 heavy (non-hydrogen) atoms. The van der Waals surface area contributed by atoms with Crippen molar-refractivity contribution in [3.05, 3.63) is 29.8 Å². The lowest BCUT2D eigenvalue weighted by Gasteiger charge is -2.39. The Bertz CT molecular complexity index is 732. The fourth-order valence-electron chi connectivity index (χ4n) is 5.25. The smallest absolute Gasteiger partial charge is 0.313 e. The zero-order valence-corrected chi connectivity index (χ0v) is 17.0. The van der Waals surface area contributed by atoms with Crippen molar-refractivity contribution >= 4 is 17.5 Å². The van der Waals surface area contributed by atoms with E-state index in [1.807, 2.05) is 29.2 Å². The molecule has 4 nitrogen and oxygen atoms in total. The second-order valence-electron chi connectivity index (χ2n) is 10.4. The number of hydrogen-bond donors (Lipinski definition) is 1. The molecule has 0 spiro atoms. The predicted octanol–water partition coefficient (Wildman–Crippen LogP) is 4.35. The van der Waals surface area contributed by atoms with Gasteiger partial charge in [0, 0.05) is 18.3 Å². The molecule has 1 saturated heterocycles. The van der Waals surface area contributed by atoms with Crippen LogP contribution in [0.2, 0.25) is 0 Å². The molecular formula is C22H32N2O2. The van der Waals surface area contributed by atoms with Gasteiger partial charge in [-0.2, -0.15) is 0 Å². The molecule has 1 aromatic carbocycles. The number of anilines is 1. The van der Waals surface area contributed by atoms with Crippen LogP contribution >= 0.6 is 0 Å². The molecule has 2 atom stereocenters. The van der Waals surface area contributed by atoms with Gasteiger partial charge in [0.1, 0.15) is 0 Å². The van der Waals surface area contributed by atoms with Crippen LogP contribution in [0.3, 0.4) is 0 Å². The van der Waals surface area contributed by atoms with Gasteiger partial charge in [-0.1, -0.05) is 59.7 Å². The van der Waals surface area contributed by atoms with Gasteiger partial charge in [-0.25, -0.2) is 0 Å². The van der Waals surface area contributed by atoms with Crippen molar-refractivity contribution in [2.45, 2.75) is 72.3 Å². The van der Waals surface area contributed by atoms with Crippen LogP contribution in [0.5, 0.6) is 0 Å². The van der Waals surface area contributed by atoms with E-state index < -0.39 is 5.91 Å². The number of fused-ring (bicyclic) bond motifs is 2. The van der Waals surface area contributed by atoms with E-state index in [1.165, 1.54) is 0 Å². The molecule has 1 N–H and O–H groups in total. The fraction of sp³-hybridized carbons (Fsp3) is 0.636. The number of amides is 2. The van der Waals surface area contributed by atoms with Gasteiger partial charge in [0.05, 0.1) is 0 Å².